The van der Waals surface area contributed by atoms with Crippen molar-refractivity contribution in [1.29, 1.82) is 0 Å². The predicted molar refractivity (Wildman–Crippen MR) is 67.7 cm³/mol. The van der Waals surface area contributed by atoms with E-state index < -0.39 is 0 Å². The lowest BCUT2D eigenvalue weighted by Crippen LogP contribution is -2.09. The van der Waals surface area contributed by atoms with Crippen LogP contribution in [-0.2, 0) is 20.1 Å². The molecule has 0 atom stereocenters. The fourth-order valence-electron chi connectivity index (χ4n) is 1.71. The summed E-state index contributed by atoms with van der Waals surface area (Å²) in [7, 11) is 1.93. The zero-order valence-electron chi connectivity index (χ0n) is 10.2. The molecule has 1 N–H and O–H groups in total. The molecule has 90 valence electrons. The van der Waals surface area contributed by atoms with Gasteiger partial charge >= 0.3 is 0 Å². The summed E-state index contributed by atoms with van der Waals surface area (Å²) in [4.78, 5) is 4.43. The maximum absolute atomic E-state index is 4.43. The van der Waals surface area contributed by atoms with Gasteiger partial charge in [-0.3, -0.25) is 4.68 Å². The molecule has 0 radical (unpaired) electrons. The Morgan fingerprint density at radius 1 is 1.53 bits per heavy atom. The summed E-state index contributed by atoms with van der Waals surface area (Å²) in [5.41, 5.74) is 2.12. The van der Waals surface area contributed by atoms with Gasteiger partial charge in [-0.2, -0.15) is 5.10 Å². The van der Waals surface area contributed by atoms with Crippen molar-refractivity contribution in [1.82, 2.24) is 19.3 Å². The Morgan fingerprint density at radius 3 is 3.00 bits per heavy atom. The molecule has 5 heteroatoms. The van der Waals surface area contributed by atoms with Crippen molar-refractivity contribution >= 4 is 5.95 Å². The summed E-state index contributed by atoms with van der Waals surface area (Å²) in [5.74, 6) is 0.864. The smallest absolute Gasteiger partial charge is 0.203 e. The molecule has 0 aliphatic carbocycles. The fraction of sp³-hybridized carbons (Fsp3) is 0.333. The zero-order valence-corrected chi connectivity index (χ0v) is 10.2. The molecule has 0 aliphatic heterocycles. The summed E-state index contributed by atoms with van der Waals surface area (Å²) < 4.78 is 3.89. The Labute approximate surface area is 101 Å². The maximum atomic E-state index is 4.43. The third-order valence-electron chi connectivity index (χ3n) is 2.57. The van der Waals surface area contributed by atoms with E-state index in [0.717, 1.165) is 23.9 Å². The number of anilines is 1. The van der Waals surface area contributed by atoms with Crippen LogP contribution in [-0.4, -0.2) is 19.3 Å². The minimum atomic E-state index is 0.712. The lowest BCUT2D eigenvalue weighted by Gasteiger charge is -2.07. The largest absolute Gasteiger partial charge is 0.350 e. The number of nitrogens with zero attached hydrogens (tertiary/aromatic N) is 4. The van der Waals surface area contributed by atoms with Gasteiger partial charge in [-0.15, -0.1) is 6.58 Å². The molecule has 2 rings (SSSR count). The lowest BCUT2D eigenvalue weighted by atomic mass is 10.4. The van der Waals surface area contributed by atoms with E-state index in [-0.39, 0.29) is 0 Å². The molecule has 0 saturated heterocycles. The monoisotopic (exact) mass is 231 g/mol. The van der Waals surface area contributed by atoms with Crippen LogP contribution in [0.4, 0.5) is 5.95 Å². The Hall–Kier alpha value is -2.04. The summed E-state index contributed by atoms with van der Waals surface area (Å²) in [5, 5.41) is 7.43. The predicted octanol–water partition coefficient (Wildman–Crippen LogP) is 1.72. The lowest BCUT2D eigenvalue weighted by molar-refractivity contribution is 0.715. The Morgan fingerprint density at radius 2 is 2.35 bits per heavy atom. The minimum absolute atomic E-state index is 0.712. The molecule has 0 spiro atoms. The van der Waals surface area contributed by atoms with Gasteiger partial charge in [-0.1, -0.05) is 6.08 Å². The van der Waals surface area contributed by atoms with Crippen LogP contribution in [0.1, 0.15) is 11.4 Å². The van der Waals surface area contributed by atoms with E-state index in [0.29, 0.717) is 6.54 Å². The highest BCUT2D eigenvalue weighted by Gasteiger charge is 2.05. The summed E-state index contributed by atoms with van der Waals surface area (Å²) >= 11 is 0. The van der Waals surface area contributed by atoms with Crippen molar-refractivity contribution in [2.75, 3.05) is 5.32 Å². The maximum Gasteiger partial charge on any atom is 0.203 e. The van der Waals surface area contributed by atoms with Crippen LogP contribution >= 0.6 is 0 Å². The zero-order chi connectivity index (χ0) is 12.3. The molecule has 0 aliphatic rings. The van der Waals surface area contributed by atoms with Gasteiger partial charge in [-0.05, 0) is 13.0 Å². The first-order chi connectivity index (χ1) is 8.20. The number of aromatic nitrogens is 4. The van der Waals surface area contributed by atoms with Gasteiger partial charge in [0, 0.05) is 26.0 Å². The van der Waals surface area contributed by atoms with Gasteiger partial charge in [-0.25, -0.2) is 4.98 Å². The van der Waals surface area contributed by atoms with E-state index >= 15 is 0 Å². The number of hydrogen-bond acceptors (Lipinski definition) is 3. The van der Waals surface area contributed by atoms with E-state index in [1.165, 1.54) is 0 Å². The van der Waals surface area contributed by atoms with Crippen molar-refractivity contribution in [3.05, 3.63) is 42.5 Å². The van der Waals surface area contributed by atoms with Crippen molar-refractivity contribution < 1.29 is 0 Å². The van der Waals surface area contributed by atoms with E-state index in [1.807, 2.05) is 41.6 Å². The third-order valence-corrected chi connectivity index (χ3v) is 2.57. The first kappa shape index (κ1) is 11.4. The Balaban J connectivity index is 2.08. The van der Waals surface area contributed by atoms with Gasteiger partial charge in [0.15, 0.2) is 0 Å². The van der Waals surface area contributed by atoms with Crippen LogP contribution in [0.15, 0.2) is 31.1 Å². The molecule has 0 aromatic carbocycles. The molecular weight excluding hydrogens is 214 g/mol. The second-order valence-electron chi connectivity index (χ2n) is 3.95. The van der Waals surface area contributed by atoms with Crippen molar-refractivity contribution in [2.45, 2.75) is 20.0 Å². The molecular formula is C12H17N5. The fourth-order valence-corrected chi connectivity index (χ4v) is 1.71. The SMILES string of the molecule is C=CCn1cc(C)nc1NCc1ccnn1C. The number of hydrogen-bond donors (Lipinski definition) is 1. The van der Waals surface area contributed by atoms with Crippen molar-refractivity contribution in [2.24, 2.45) is 7.05 Å². The summed E-state index contributed by atoms with van der Waals surface area (Å²) in [6.45, 7) is 7.19. The van der Waals surface area contributed by atoms with Crippen molar-refractivity contribution in [3.8, 4) is 0 Å². The Kier molecular flexibility index (Phi) is 3.27. The minimum Gasteiger partial charge on any atom is -0.350 e. The van der Waals surface area contributed by atoms with Gasteiger partial charge in [0.2, 0.25) is 5.95 Å². The van der Waals surface area contributed by atoms with Crippen LogP contribution in [0.2, 0.25) is 0 Å². The van der Waals surface area contributed by atoms with Crippen LogP contribution in [0.5, 0.6) is 0 Å². The number of rotatable bonds is 5. The first-order valence-corrected chi connectivity index (χ1v) is 5.56. The molecule has 2 aromatic rings. The second-order valence-corrected chi connectivity index (χ2v) is 3.95. The second kappa shape index (κ2) is 4.86. The van der Waals surface area contributed by atoms with Gasteiger partial charge in [0.25, 0.3) is 0 Å². The Bertz CT molecular complexity index is 509. The summed E-state index contributed by atoms with van der Waals surface area (Å²) in [6, 6.07) is 1.99. The molecule has 2 heterocycles. The summed E-state index contributed by atoms with van der Waals surface area (Å²) in [6.07, 6.45) is 5.65. The quantitative estimate of drug-likeness (QED) is 0.797. The first-order valence-electron chi connectivity index (χ1n) is 5.56. The highest BCUT2D eigenvalue weighted by molar-refractivity contribution is 5.30. The number of allylic oxidation sites excluding steroid dienone is 1. The molecule has 0 amide bonds. The van der Waals surface area contributed by atoms with Crippen LogP contribution < -0.4 is 5.32 Å². The highest BCUT2D eigenvalue weighted by atomic mass is 15.3. The van der Waals surface area contributed by atoms with E-state index in [1.54, 1.807) is 6.20 Å². The van der Waals surface area contributed by atoms with Crippen LogP contribution in [0, 0.1) is 6.92 Å². The van der Waals surface area contributed by atoms with E-state index in [2.05, 4.69) is 22.0 Å². The molecule has 0 fully saturated rings. The molecule has 0 bridgehead atoms. The standard InChI is InChI=1S/C12H17N5/c1-4-7-17-9-10(2)15-12(17)13-8-11-5-6-14-16(11)3/h4-6,9H,1,7-8H2,2-3H3,(H,13,15). The van der Waals surface area contributed by atoms with Crippen molar-refractivity contribution in [3.63, 3.8) is 0 Å². The van der Waals surface area contributed by atoms with Gasteiger partial charge in [0.1, 0.15) is 0 Å². The van der Waals surface area contributed by atoms with E-state index in [4.69, 9.17) is 0 Å². The number of imidazole rings is 1. The highest BCUT2D eigenvalue weighted by Crippen LogP contribution is 2.10. The van der Waals surface area contributed by atoms with Gasteiger partial charge in [0.05, 0.1) is 17.9 Å². The normalized spacial score (nSPS) is 10.5. The topological polar surface area (TPSA) is 47.7 Å². The average molecular weight is 231 g/mol. The molecule has 0 unspecified atom stereocenters. The van der Waals surface area contributed by atoms with Crippen LogP contribution in [0.25, 0.3) is 0 Å². The van der Waals surface area contributed by atoms with E-state index in [9.17, 15) is 0 Å². The van der Waals surface area contributed by atoms with Gasteiger partial charge < -0.3 is 9.88 Å². The van der Waals surface area contributed by atoms with Crippen LogP contribution in [0.3, 0.4) is 0 Å². The molecule has 5 nitrogen and oxygen atoms in total. The number of aryl methyl sites for hydroxylation is 2. The molecule has 2 aromatic heterocycles. The average Bonchev–Trinajstić information content (AvgIpc) is 2.83. The molecule has 0 saturated carbocycles. The molecule has 17 heavy (non-hydrogen) atoms. The number of nitrogens with one attached hydrogen (secondary N) is 1. The third kappa shape index (κ3) is 2.55.